The van der Waals surface area contributed by atoms with Gasteiger partial charge in [-0.2, -0.15) is 0 Å². The second kappa shape index (κ2) is 6.60. The van der Waals surface area contributed by atoms with E-state index in [9.17, 15) is 13.2 Å². The van der Waals surface area contributed by atoms with Gasteiger partial charge in [0.05, 0.1) is 5.92 Å². The highest BCUT2D eigenvalue weighted by atomic mass is 35.5. The monoisotopic (exact) mass is 329 g/mol. The highest BCUT2D eigenvalue weighted by Gasteiger charge is 2.31. The van der Waals surface area contributed by atoms with E-state index < -0.39 is 21.9 Å². The van der Waals surface area contributed by atoms with Gasteiger partial charge >= 0.3 is 5.97 Å². The van der Waals surface area contributed by atoms with Crippen LogP contribution < -0.4 is 4.72 Å². The Hall–Kier alpha value is -1.37. The van der Waals surface area contributed by atoms with E-state index in [0.29, 0.717) is 24.3 Å². The molecule has 5 nitrogen and oxygen atoms in total. The molecule has 2 rings (SSSR count). The van der Waals surface area contributed by atoms with Crippen molar-refractivity contribution in [1.82, 2.24) is 4.72 Å². The number of benzene rings is 1. The van der Waals surface area contributed by atoms with Gasteiger partial charge in [0.15, 0.2) is 0 Å². The largest absolute Gasteiger partial charge is 0.481 e. The minimum atomic E-state index is -3.58. The number of carboxylic acid groups (broad SMARTS) is 1. The molecule has 7 heteroatoms. The van der Waals surface area contributed by atoms with Crippen LogP contribution in [0.4, 0.5) is 0 Å². The molecule has 0 spiro atoms. The maximum atomic E-state index is 11.9. The summed E-state index contributed by atoms with van der Waals surface area (Å²) in [5.41, 5.74) is 0.722. The molecule has 2 N–H and O–H groups in total. The Kier molecular flexibility index (Phi) is 5.03. The molecule has 0 radical (unpaired) electrons. The molecular formula is C14H16ClNO4S. The lowest BCUT2D eigenvalue weighted by Gasteiger charge is -2.10. The summed E-state index contributed by atoms with van der Waals surface area (Å²) in [6.45, 7) is 0. The van der Waals surface area contributed by atoms with Crippen molar-refractivity contribution in [2.75, 3.05) is 0 Å². The molecule has 2 unspecified atom stereocenters. The number of halogens is 1. The summed E-state index contributed by atoms with van der Waals surface area (Å²) in [5.74, 6) is -1.33. The number of rotatable bonds is 5. The molecule has 1 fully saturated rings. The van der Waals surface area contributed by atoms with Crippen LogP contribution in [0.3, 0.4) is 0 Å². The maximum Gasteiger partial charge on any atom is 0.306 e. The predicted octanol–water partition coefficient (Wildman–Crippen LogP) is 2.48. The lowest BCUT2D eigenvalue weighted by Crippen LogP contribution is -2.31. The van der Waals surface area contributed by atoms with Gasteiger partial charge in [-0.15, -0.1) is 0 Å². The maximum absolute atomic E-state index is 11.9. The van der Waals surface area contributed by atoms with E-state index in [0.717, 1.165) is 11.0 Å². The fraction of sp³-hybridized carbons (Fsp3) is 0.357. The van der Waals surface area contributed by atoms with Crippen LogP contribution in [0.5, 0.6) is 0 Å². The van der Waals surface area contributed by atoms with Gasteiger partial charge in [0.2, 0.25) is 10.0 Å². The second-order valence-corrected chi connectivity index (χ2v) is 7.10. The summed E-state index contributed by atoms with van der Waals surface area (Å²) >= 11 is 5.75. The summed E-state index contributed by atoms with van der Waals surface area (Å²) in [4.78, 5) is 10.8. The lowest BCUT2D eigenvalue weighted by atomic mass is 10.1. The van der Waals surface area contributed by atoms with Gasteiger partial charge in [-0.05, 0) is 43.0 Å². The minimum absolute atomic E-state index is 0.314. The molecule has 0 aliphatic heterocycles. The lowest BCUT2D eigenvalue weighted by molar-refractivity contribution is -0.141. The molecule has 21 heavy (non-hydrogen) atoms. The average molecular weight is 330 g/mol. The van der Waals surface area contributed by atoms with E-state index in [-0.39, 0.29) is 6.04 Å². The fourth-order valence-electron chi connectivity index (χ4n) is 2.33. The van der Waals surface area contributed by atoms with Crippen molar-refractivity contribution in [3.05, 3.63) is 40.3 Å². The number of nitrogens with one attached hydrogen (secondary N) is 1. The normalized spacial score (nSPS) is 22.7. The third kappa shape index (κ3) is 4.84. The predicted molar refractivity (Wildman–Crippen MR) is 81.3 cm³/mol. The smallest absolute Gasteiger partial charge is 0.306 e. The van der Waals surface area contributed by atoms with Gasteiger partial charge in [-0.25, -0.2) is 13.1 Å². The minimum Gasteiger partial charge on any atom is -0.481 e. The molecule has 1 aromatic carbocycles. The van der Waals surface area contributed by atoms with Crippen molar-refractivity contribution in [1.29, 1.82) is 0 Å². The Morgan fingerprint density at radius 3 is 2.52 bits per heavy atom. The molecule has 1 aromatic rings. The van der Waals surface area contributed by atoms with Crippen LogP contribution in [-0.4, -0.2) is 25.5 Å². The van der Waals surface area contributed by atoms with Gasteiger partial charge in [0, 0.05) is 16.5 Å². The summed E-state index contributed by atoms with van der Waals surface area (Å²) in [7, 11) is -3.58. The van der Waals surface area contributed by atoms with Crippen molar-refractivity contribution in [3.8, 4) is 0 Å². The molecular weight excluding hydrogens is 314 g/mol. The first-order valence-corrected chi connectivity index (χ1v) is 8.47. The van der Waals surface area contributed by atoms with Gasteiger partial charge < -0.3 is 5.11 Å². The van der Waals surface area contributed by atoms with Gasteiger partial charge in [-0.3, -0.25) is 4.79 Å². The molecule has 1 aliphatic carbocycles. The van der Waals surface area contributed by atoms with E-state index in [1.165, 1.54) is 6.08 Å². The van der Waals surface area contributed by atoms with Crippen molar-refractivity contribution >= 4 is 33.7 Å². The summed E-state index contributed by atoms with van der Waals surface area (Å²) in [6, 6.07) is 6.46. The fourth-order valence-corrected chi connectivity index (χ4v) is 3.55. The van der Waals surface area contributed by atoms with Crippen LogP contribution in [-0.2, 0) is 14.8 Å². The Morgan fingerprint density at radius 1 is 1.29 bits per heavy atom. The quantitative estimate of drug-likeness (QED) is 0.869. The van der Waals surface area contributed by atoms with Crippen LogP contribution in [0, 0.1) is 5.92 Å². The zero-order valence-electron chi connectivity index (χ0n) is 11.2. The molecule has 1 saturated carbocycles. The van der Waals surface area contributed by atoms with E-state index in [1.807, 2.05) is 0 Å². The molecule has 0 saturated heterocycles. The average Bonchev–Trinajstić information content (AvgIpc) is 2.86. The molecule has 2 atom stereocenters. The van der Waals surface area contributed by atoms with E-state index in [2.05, 4.69) is 4.72 Å². The molecule has 0 bridgehead atoms. The van der Waals surface area contributed by atoms with Gasteiger partial charge in [0.25, 0.3) is 0 Å². The van der Waals surface area contributed by atoms with Crippen LogP contribution in [0.1, 0.15) is 24.8 Å². The first-order valence-electron chi connectivity index (χ1n) is 6.54. The van der Waals surface area contributed by atoms with Crippen molar-refractivity contribution in [2.24, 2.45) is 5.92 Å². The van der Waals surface area contributed by atoms with Crippen LogP contribution >= 0.6 is 11.6 Å². The van der Waals surface area contributed by atoms with E-state index in [4.69, 9.17) is 16.7 Å². The Labute approximate surface area is 128 Å². The number of carbonyl (C=O) groups is 1. The van der Waals surface area contributed by atoms with Crippen molar-refractivity contribution < 1.29 is 18.3 Å². The van der Waals surface area contributed by atoms with Crippen LogP contribution in [0.25, 0.3) is 6.08 Å². The number of carboxylic acids is 1. The number of sulfonamides is 1. The standard InChI is InChI=1S/C14H16ClNO4S/c15-12-4-1-10(2-5-12)7-8-21(19,20)16-13-6-3-11(9-13)14(17)18/h1-2,4-5,7-8,11,13,16H,3,6,9H2,(H,17,18). The zero-order chi connectivity index (χ0) is 15.5. The summed E-state index contributed by atoms with van der Waals surface area (Å²) in [6.07, 6.45) is 2.86. The Balaban J connectivity index is 1.96. The summed E-state index contributed by atoms with van der Waals surface area (Å²) in [5, 5.41) is 10.6. The van der Waals surface area contributed by atoms with Gasteiger partial charge in [0.1, 0.15) is 0 Å². The molecule has 0 amide bonds. The topological polar surface area (TPSA) is 83.5 Å². The van der Waals surface area contributed by atoms with Crippen LogP contribution in [0.15, 0.2) is 29.7 Å². The highest BCUT2D eigenvalue weighted by Crippen LogP contribution is 2.26. The van der Waals surface area contributed by atoms with Gasteiger partial charge in [-0.1, -0.05) is 23.7 Å². The third-order valence-electron chi connectivity index (χ3n) is 3.42. The zero-order valence-corrected chi connectivity index (χ0v) is 12.8. The number of aliphatic carboxylic acids is 1. The second-order valence-electron chi connectivity index (χ2n) is 5.06. The molecule has 114 valence electrons. The molecule has 0 aromatic heterocycles. The van der Waals surface area contributed by atoms with E-state index >= 15 is 0 Å². The highest BCUT2D eigenvalue weighted by molar-refractivity contribution is 7.92. The Bertz CT molecular complexity index is 639. The summed E-state index contributed by atoms with van der Waals surface area (Å²) < 4.78 is 26.4. The molecule has 1 aliphatic rings. The first-order chi connectivity index (χ1) is 9.85. The number of hydrogen-bond donors (Lipinski definition) is 2. The number of hydrogen-bond acceptors (Lipinski definition) is 3. The Morgan fingerprint density at radius 2 is 1.95 bits per heavy atom. The first kappa shape index (κ1) is 16.0. The van der Waals surface area contributed by atoms with Crippen molar-refractivity contribution in [2.45, 2.75) is 25.3 Å². The van der Waals surface area contributed by atoms with Crippen LogP contribution in [0.2, 0.25) is 5.02 Å². The molecule has 0 heterocycles. The third-order valence-corrected chi connectivity index (χ3v) is 4.83. The SMILES string of the molecule is O=C(O)C1CCC(NS(=O)(=O)C=Cc2ccc(Cl)cc2)C1. The van der Waals surface area contributed by atoms with E-state index in [1.54, 1.807) is 24.3 Å². The van der Waals surface area contributed by atoms with Crippen molar-refractivity contribution in [3.63, 3.8) is 0 Å².